The number of benzene rings is 1. The number of rotatable bonds is 5. The van der Waals surface area contributed by atoms with Crippen LogP contribution in [0.3, 0.4) is 0 Å². The molecule has 1 aromatic heterocycles. The van der Waals surface area contributed by atoms with Crippen LogP contribution in [0.15, 0.2) is 41.8 Å². The van der Waals surface area contributed by atoms with Crippen LogP contribution < -0.4 is 0 Å². The molecule has 100 valence electrons. The highest BCUT2D eigenvalue weighted by molar-refractivity contribution is 7.99. The van der Waals surface area contributed by atoms with Crippen LogP contribution >= 0.6 is 11.8 Å². The van der Waals surface area contributed by atoms with E-state index in [1.54, 1.807) is 11.0 Å². The number of methoxy groups -OCH3 is 1. The number of alkyl halides is 1. The molecule has 0 bridgehead atoms. The second-order valence-electron chi connectivity index (χ2n) is 3.61. The quantitative estimate of drug-likeness (QED) is 0.618. The van der Waals surface area contributed by atoms with Crippen LogP contribution in [0.4, 0.5) is 4.39 Å². The van der Waals surface area contributed by atoms with Gasteiger partial charge in [0, 0.05) is 5.75 Å². The minimum atomic E-state index is -1.67. The van der Waals surface area contributed by atoms with E-state index in [2.05, 4.69) is 14.8 Å². The van der Waals surface area contributed by atoms with E-state index < -0.39 is 12.1 Å². The lowest BCUT2D eigenvalue weighted by atomic mass is 10.3. The number of carbonyl (C=O) groups excluding carboxylic acids is 1. The van der Waals surface area contributed by atoms with Gasteiger partial charge in [-0.15, -0.1) is 5.10 Å². The van der Waals surface area contributed by atoms with Crippen molar-refractivity contribution in [3.8, 4) is 5.69 Å². The van der Waals surface area contributed by atoms with Gasteiger partial charge in [0.25, 0.3) is 0 Å². The molecule has 1 unspecified atom stereocenters. The molecule has 0 aliphatic heterocycles. The molecule has 2 aromatic rings. The summed E-state index contributed by atoms with van der Waals surface area (Å²) < 4.78 is 19.1. The Hall–Kier alpha value is -1.89. The summed E-state index contributed by atoms with van der Waals surface area (Å²) in [4.78, 5) is 14.9. The van der Waals surface area contributed by atoms with Gasteiger partial charge >= 0.3 is 5.97 Å². The van der Waals surface area contributed by atoms with Gasteiger partial charge in [0.15, 0.2) is 0 Å². The van der Waals surface area contributed by atoms with Crippen molar-refractivity contribution in [3.63, 3.8) is 0 Å². The summed E-state index contributed by atoms with van der Waals surface area (Å²) in [7, 11) is 1.15. The van der Waals surface area contributed by atoms with Crippen molar-refractivity contribution >= 4 is 17.7 Å². The molecular formula is C12H12FN3O2S. The third-order valence-corrected chi connectivity index (χ3v) is 3.21. The maximum atomic E-state index is 13.3. The largest absolute Gasteiger partial charge is 0.467 e. The van der Waals surface area contributed by atoms with E-state index >= 15 is 0 Å². The van der Waals surface area contributed by atoms with Crippen molar-refractivity contribution in [3.05, 3.63) is 36.7 Å². The van der Waals surface area contributed by atoms with Gasteiger partial charge < -0.3 is 4.74 Å². The molecule has 0 amide bonds. The summed E-state index contributed by atoms with van der Waals surface area (Å²) >= 11 is 1.07. The first-order valence-electron chi connectivity index (χ1n) is 5.52. The van der Waals surface area contributed by atoms with Gasteiger partial charge in [0.1, 0.15) is 6.33 Å². The number of ether oxygens (including phenoxy) is 1. The molecule has 1 atom stereocenters. The van der Waals surface area contributed by atoms with Crippen molar-refractivity contribution in [2.75, 3.05) is 12.9 Å². The third kappa shape index (κ3) is 3.54. The zero-order valence-electron chi connectivity index (χ0n) is 10.2. The van der Waals surface area contributed by atoms with E-state index in [0.717, 1.165) is 24.6 Å². The SMILES string of the molecule is COC(=O)C(F)CSc1ncn(-c2ccccc2)n1. The summed E-state index contributed by atoms with van der Waals surface area (Å²) in [6, 6.07) is 9.45. The maximum Gasteiger partial charge on any atom is 0.341 e. The number of thioether (sulfide) groups is 1. The van der Waals surface area contributed by atoms with Crippen LogP contribution in [0.5, 0.6) is 0 Å². The minimum absolute atomic E-state index is 0.0640. The fourth-order valence-corrected chi connectivity index (χ4v) is 2.06. The number of nitrogens with zero attached hydrogens (tertiary/aromatic N) is 3. The second-order valence-corrected chi connectivity index (χ2v) is 4.60. The zero-order chi connectivity index (χ0) is 13.7. The molecule has 5 nitrogen and oxygen atoms in total. The molecule has 0 spiro atoms. The third-order valence-electron chi connectivity index (χ3n) is 2.31. The molecule has 7 heteroatoms. The van der Waals surface area contributed by atoms with Crippen LogP contribution in [-0.4, -0.2) is 39.8 Å². The van der Waals surface area contributed by atoms with Gasteiger partial charge in [-0.05, 0) is 12.1 Å². The second kappa shape index (κ2) is 6.33. The molecular weight excluding hydrogens is 269 g/mol. The first-order chi connectivity index (χ1) is 9.20. The Labute approximate surface area is 113 Å². The number of hydrogen-bond donors (Lipinski definition) is 0. The first-order valence-corrected chi connectivity index (χ1v) is 6.51. The summed E-state index contributed by atoms with van der Waals surface area (Å²) in [5, 5.41) is 4.60. The van der Waals surface area contributed by atoms with Crippen molar-refractivity contribution in [2.45, 2.75) is 11.3 Å². The molecule has 2 rings (SSSR count). The van der Waals surface area contributed by atoms with Gasteiger partial charge in [-0.3, -0.25) is 0 Å². The number of hydrogen-bond acceptors (Lipinski definition) is 5. The molecule has 1 heterocycles. The molecule has 0 aliphatic rings. The number of aromatic nitrogens is 3. The highest BCUT2D eigenvalue weighted by atomic mass is 32.2. The van der Waals surface area contributed by atoms with Gasteiger partial charge in [-0.2, -0.15) is 0 Å². The molecule has 0 saturated heterocycles. The topological polar surface area (TPSA) is 57.0 Å². The van der Waals surface area contributed by atoms with Crippen molar-refractivity contribution < 1.29 is 13.9 Å². The number of esters is 1. The van der Waals surface area contributed by atoms with Crippen molar-refractivity contribution in [1.82, 2.24) is 14.8 Å². The van der Waals surface area contributed by atoms with Gasteiger partial charge in [-0.1, -0.05) is 30.0 Å². The van der Waals surface area contributed by atoms with Gasteiger partial charge in [-0.25, -0.2) is 18.9 Å². The van der Waals surface area contributed by atoms with Crippen LogP contribution in [0, 0.1) is 0 Å². The Morgan fingerprint density at radius 3 is 2.89 bits per heavy atom. The molecule has 0 aliphatic carbocycles. The summed E-state index contributed by atoms with van der Waals surface area (Å²) in [6.45, 7) is 0. The van der Waals surface area contributed by atoms with Gasteiger partial charge in [0.2, 0.25) is 11.3 Å². The average molecular weight is 281 g/mol. The van der Waals surface area contributed by atoms with Crippen LogP contribution in [0.2, 0.25) is 0 Å². The zero-order valence-corrected chi connectivity index (χ0v) is 11.0. The molecule has 0 N–H and O–H groups in total. The molecule has 0 saturated carbocycles. The van der Waals surface area contributed by atoms with Gasteiger partial charge in [0.05, 0.1) is 12.8 Å². The van der Waals surface area contributed by atoms with E-state index in [0.29, 0.717) is 5.16 Å². The lowest BCUT2D eigenvalue weighted by Gasteiger charge is -2.03. The molecule has 19 heavy (non-hydrogen) atoms. The average Bonchev–Trinajstić information content (AvgIpc) is 2.93. The predicted molar refractivity (Wildman–Crippen MR) is 69.0 cm³/mol. The Morgan fingerprint density at radius 2 is 2.21 bits per heavy atom. The summed E-state index contributed by atoms with van der Waals surface area (Å²) in [6.07, 6.45) is -0.123. The van der Waals surface area contributed by atoms with E-state index in [4.69, 9.17) is 0 Å². The first kappa shape index (κ1) is 13.5. The Balaban J connectivity index is 1.97. The Kier molecular flexibility index (Phi) is 4.51. The molecule has 1 aromatic carbocycles. The van der Waals surface area contributed by atoms with Crippen molar-refractivity contribution in [1.29, 1.82) is 0 Å². The smallest absolute Gasteiger partial charge is 0.341 e. The van der Waals surface area contributed by atoms with E-state index in [9.17, 15) is 9.18 Å². The maximum absolute atomic E-state index is 13.3. The fraction of sp³-hybridized carbons (Fsp3) is 0.250. The normalized spacial score (nSPS) is 12.1. The standard InChI is InChI=1S/C12H12FN3O2S/c1-18-11(17)10(13)7-19-12-14-8-16(15-12)9-5-3-2-4-6-9/h2-6,8,10H,7H2,1H3. The summed E-state index contributed by atoms with van der Waals surface area (Å²) in [5.74, 6) is -0.944. The lowest BCUT2D eigenvalue weighted by Crippen LogP contribution is -2.19. The Bertz CT molecular complexity index is 547. The highest BCUT2D eigenvalue weighted by Crippen LogP contribution is 2.16. The number of halogens is 1. The number of para-hydroxylation sites is 1. The number of carbonyl (C=O) groups is 1. The van der Waals surface area contributed by atoms with Crippen LogP contribution in [0.25, 0.3) is 5.69 Å². The van der Waals surface area contributed by atoms with Crippen LogP contribution in [-0.2, 0) is 9.53 Å². The lowest BCUT2D eigenvalue weighted by molar-refractivity contribution is -0.145. The highest BCUT2D eigenvalue weighted by Gasteiger charge is 2.18. The predicted octanol–water partition coefficient (Wildman–Crippen LogP) is 1.87. The van der Waals surface area contributed by atoms with Crippen molar-refractivity contribution in [2.24, 2.45) is 0 Å². The van der Waals surface area contributed by atoms with E-state index in [1.807, 2.05) is 30.3 Å². The Morgan fingerprint density at radius 1 is 1.47 bits per heavy atom. The summed E-state index contributed by atoms with van der Waals surface area (Å²) in [5.41, 5.74) is 0.867. The fourth-order valence-electron chi connectivity index (χ4n) is 1.36. The minimum Gasteiger partial charge on any atom is -0.467 e. The monoisotopic (exact) mass is 281 g/mol. The van der Waals surface area contributed by atoms with E-state index in [-0.39, 0.29) is 5.75 Å². The van der Waals surface area contributed by atoms with Crippen LogP contribution in [0.1, 0.15) is 0 Å². The van der Waals surface area contributed by atoms with E-state index in [1.165, 1.54) is 0 Å². The molecule has 0 fully saturated rings. The molecule has 0 radical (unpaired) electrons.